The molecule has 0 saturated heterocycles. The number of hydrogen-bond acceptors (Lipinski definition) is 7. The van der Waals surface area contributed by atoms with E-state index < -0.39 is 16.0 Å². The summed E-state index contributed by atoms with van der Waals surface area (Å²) in [4.78, 5) is 24.8. The number of amides is 1. The van der Waals surface area contributed by atoms with Crippen molar-refractivity contribution in [1.82, 2.24) is 14.5 Å². The molecule has 1 aromatic heterocycles. The molecule has 3 aromatic rings. The lowest BCUT2D eigenvalue weighted by atomic mass is 10.2. The Morgan fingerprint density at radius 1 is 1.06 bits per heavy atom. The molecule has 0 spiro atoms. The van der Waals surface area contributed by atoms with Gasteiger partial charge in [-0.1, -0.05) is 12.8 Å². The fraction of sp³-hybridized carbons (Fsp3) is 0.292. The van der Waals surface area contributed by atoms with Crippen LogP contribution >= 0.6 is 0 Å². The number of nitrogens with one attached hydrogen (secondary N) is 2. The fourth-order valence-electron chi connectivity index (χ4n) is 3.85. The summed E-state index contributed by atoms with van der Waals surface area (Å²) in [7, 11) is -0.796. The van der Waals surface area contributed by atoms with Crippen molar-refractivity contribution >= 4 is 27.6 Å². The predicted molar refractivity (Wildman–Crippen MR) is 128 cm³/mol. The molecule has 1 saturated carbocycles. The van der Waals surface area contributed by atoms with Gasteiger partial charge in [0.1, 0.15) is 16.4 Å². The number of hydrogen-bond donors (Lipinski definition) is 2. The van der Waals surface area contributed by atoms with Crippen LogP contribution in [0.25, 0.3) is 0 Å². The molecule has 0 unspecified atom stereocenters. The summed E-state index contributed by atoms with van der Waals surface area (Å²) >= 11 is 0. The molecule has 4 rings (SSSR count). The lowest BCUT2D eigenvalue weighted by Gasteiger charge is -2.15. The van der Waals surface area contributed by atoms with Gasteiger partial charge >= 0.3 is 5.97 Å². The first kappa shape index (κ1) is 24.4. The van der Waals surface area contributed by atoms with Crippen LogP contribution in [0.2, 0.25) is 0 Å². The molecule has 0 atom stereocenters. The van der Waals surface area contributed by atoms with Crippen LogP contribution < -0.4 is 19.5 Å². The van der Waals surface area contributed by atoms with Gasteiger partial charge in [0.25, 0.3) is 5.91 Å². The zero-order valence-corrected chi connectivity index (χ0v) is 20.2. The molecule has 1 heterocycles. The van der Waals surface area contributed by atoms with Crippen molar-refractivity contribution in [1.29, 1.82) is 0 Å². The molecule has 1 fully saturated rings. The van der Waals surface area contributed by atoms with Crippen molar-refractivity contribution in [2.75, 3.05) is 12.4 Å². The molecule has 0 bridgehead atoms. The molecular weight excluding hydrogens is 472 g/mol. The first-order chi connectivity index (χ1) is 16.7. The van der Waals surface area contributed by atoms with Crippen LogP contribution in [0.1, 0.15) is 46.4 Å². The molecule has 1 aliphatic carbocycles. The number of nitrogens with zero attached hydrogens (tertiary/aromatic N) is 2. The molecular formula is C24H26N4O6S. The molecule has 2 aromatic carbocycles. The lowest BCUT2D eigenvalue weighted by Crippen LogP contribution is -2.33. The van der Waals surface area contributed by atoms with E-state index in [0.29, 0.717) is 11.3 Å². The van der Waals surface area contributed by atoms with Gasteiger partial charge in [-0.2, -0.15) is 5.10 Å². The lowest BCUT2D eigenvalue weighted by molar-refractivity contribution is 0.0734. The van der Waals surface area contributed by atoms with Gasteiger partial charge in [-0.25, -0.2) is 17.9 Å². The topological polar surface area (TPSA) is 129 Å². The molecule has 35 heavy (non-hydrogen) atoms. The third kappa shape index (κ3) is 5.87. The van der Waals surface area contributed by atoms with E-state index in [1.807, 2.05) is 0 Å². The Balaban J connectivity index is 1.45. The second-order valence-corrected chi connectivity index (χ2v) is 9.92. The number of ether oxygens (including phenoxy) is 2. The van der Waals surface area contributed by atoms with Gasteiger partial charge < -0.3 is 14.8 Å². The largest absolute Gasteiger partial charge is 0.495 e. The Kier molecular flexibility index (Phi) is 7.17. The predicted octanol–water partition coefficient (Wildman–Crippen LogP) is 3.12. The van der Waals surface area contributed by atoms with E-state index in [1.165, 1.54) is 48.3 Å². The highest BCUT2D eigenvalue weighted by Gasteiger charge is 2.27. The molecule has 0 radical (unpaired) electrons. The van der Waals surface area contributed by atoms with Gasteiger partial charge in [0.05, 0.1) is 24.4 Å². The summed E-state index contributed by atoms with van der Waals surface area (Å²) in [5, 5.41) is 6.69. The maximum absolute atomic E-state index is 12.9. The van der Waals surface area contributed by atoms with Crippen LogP contribution in [0.3, 0.4) is 0 Å². The zero-order chi connectivity index (χ0) is 25.0. The number of carbonyl (C=O) groups is 2. The fourth-order valence-corrected chi connectivity index (χ4v) is 5.35. The highest BCUT2D eigenvalue weighted by atomic mass is 32.2. The molecule has 184 valence electrons. The van der Waals surface area contributed by atoms with Gasteiger partial charge in [0.2, 0.25) is 10.0 Å². The molecule has 0 aliphatic heterocycles. The quantitative estimate of drug-likeness (QED) is 0.361. The highest BCUT2D eigenvalue weighted by molar-refractivity contribution is 7.89. The third-order valence-electron chi connectivity index (χ3n) is 5.66. The van der Waals surface area contributed by atoms with Crippen molar-refractivity contribution in [3.05, 3.63) is 66.0 Å². The molecule has 2 N–H and O–H groups in total. The summed E-state index contributed by atoms with van der Waals surface area (Å²) in [6.45, 7) is 0. The summed E-state index contributed by atoms with van der Waals surface area (Å²) in [6, 6.07) is 10.2. The van der Waals surface area contributed by atoms with Crippen LogP contribution in [-0.4, -0.2) is 43.2 Å². The normalized spacial score (nSPS) is 14.0. The summed E-state index contributed by atoms with van der Waals surface area (Å²) < 4.78 is 40.7. The Bertz CT molecular complexity index is 1330. The average Bonchev–Trinajstić information content (AvgIpc) is 3.51. The van der Waals surface area contributed by atoms with Crippen molar-refractivity contribution in [3.8, 4) is 11.5 Å². The van der Waals surface area contributed by atoms with Crippen molar-refractivity contribution in [2.45, 2.75) is 36.6 Å². The van der Waals surface area contributed by atoms with E-state index in [0.717, 1.165) is 25.7 Å². The van der Waals surface area contributed by atoms with E-state index >= 15 is 0 Å². The second-order valence-electron chi connectivity index (χ2n) is 8.24. The Morgan fingerprint density at radius 3 is 2.40 bits per heavy atom. The van der Waals surface area contributed by atoms with E-state index in [-0.39, 0.29) is 33.9 Å². The van der Waals surface area contributed by atoms with Gasteiger partial charge in [0.15, 0.2) is 0 Å². The van der Waals surface area contributed by atoms with Crippen molar-refractivity contribution in [3.63, 3.8) is 0 Å². The SMILES string of the molecule is COc1ccc(C(=O)Oc2ccc(NC(=O)c3cnn(C)c3)cc2)cc1S(=O)(=O)NC1CCCC1. The maximum atomic E-state index is 12.9. The molecule has 1 aliphatic rings. The number of aryl methyl sites for hydroxylation is 1. The summed E-state index contributed by atoms with van der Waals surface area (Å²) in [6.07, 6.45) is 6.56. The van der Waals surface area contributed by atoms with Gasteiger partial charge in [0, 0.05) is 25.0 Å². The van der Waals surface area contributed by atoms with E-state index in [9.17, 15) is 18.0 Å². The molecule has 1 amide bonds. The second kappa shape index (κ2) is 10.3. The number of benzene rings is 2. The average molecular weight is 499 g/mol. The first-order valence-electron chi connectivity index (χ1n) is 11.1. The number of esters is 1. The number of anilines is 1. The highest BCUT2D eigenvalue weighted by Crippen LogP contribution is 2.28. The van der Waals surface area contributed by atoms with E-state index in [4.69, 9.17) is 9.47 Å². The summed E-state index contributed by atoms with van der Waals surface area (Å²) in [5.41, 5.74) is 0.983. The van der Waals surface area contributed by atoms with Crippen LogP contribution in [-0.2, 0) is 17.1 Å². The molecule has 11 heteroatoms. The standard InChI is InChI=1S/C24H26N4O6S/c1-28-15-17(14-25-28)23(29)26-18-8-10-20(11-9-18)34-24(30)16-7-12-21(33-2)22(13-16)35(31,32)27-19-5-3-4-6-19/h7-15,19,27H,3-6H2,1-2H3,(H,26,29). The Labute approximate surface area is 203 Å². The molecule has 10 nitrogen and oxygen atoms in total. The van der Waals surface area contributed by atoms with Crippen LogP contribution in [0.4, 0.5) is 5.69 Å². The van der Waals surface area contributed by atoms with E-state index in [1.54, 1.807) is 25.4 Å². The number of aromatic nitrogens is 2. The minimum atomic E-state index is -3.88. The van der Waals surface area contributed by atoms with Gasteiger partial charge in [-0.3, -0.25) is 9.48 Å². The minimum Gasteiger partial charge on any atom is -0.495 e. The first-order valence-corrected chi connectivity index (χ1v) is 12.6. The Hall–Kier alpha value is -3.70. The van der Waals surface area contributed by atoms with Gasteiger partial charge in [-0.15, -0.1) is 0 Å². The zero-order valence-electron chi connectivity index (χ0n) is 19.4. The van der Waals surface area contributed by atoms with Crippen molar-refractivity contribution < 1.29 is 27.5 Å². The smallest absolute Gasteiger partial charge is 0.343 e. The van der Waals surface area contributed by atoms with Crippen LogP contribution in [0, 0.1) is 0 Å². The van der Waals surface area contributed by atoms with Gasteiger partial charge in [-0.05, 0) is 55.3 Å². The monoisotopic (exact) mass is 498 g/mol. The Morgan fingerprint density at radius 2 is 1.77 bits per heavy atom. The minimum absolute atomic E-state index is 0.0616. The van der Waals surface area contributed by atoms with Crippen molar-refractivity contribution in [2.24, 2.45) is 7.05 Å². The van der Waals surface area contributed by atoms with Crippen LogP contribution in [0.5, 0.6) is 11.5 Å². The summed E-state index contributed by atoms with van der Waals surface area (Å²) in [5.74, 6) is -0.669. The van der Waals surface area contributed by atoms with E-state index in [2.05, 4.69) is 15.1 Å². The number of carbonyl (C=O) groups excluding carboxylic acids is 2. The number of sulfonamides is 1. The third-order valence-corrected chi connectivity index (χ3v) is 7.20. The maximum Gasteiger partial charge on any atom is 0.343 e. The number of rotatable bonds is 8. The number of methoxy groups -OCH3 is 1. The van der Waals surface area contributed by atoms with Crippen LogP contribution in [0.15, 0.2) is 59.8 Å².